The predicted molar refractivity (Wildman–Crippen MR) is 134 cm³/mol. The van der Waals surface area contributed by atoms with Crippen molar-refractivity contribution in [3.8, 4) is 17.2 Å². The first-order chi connectivity index (χ1) is 16.5. The number of hydrogen-bond acceptors (Lipinski definition) is 5. The molecule has 0 saturated heterocycles. The van der Waals surface area contributed by atoms with Gasteiger partial charge < -0.3 is 14.6 Å². The van der Waals surface area contributed by atoms with Gasteiger partial charge in [0.05, 0.1) is 18.4 Å². The molecular weight excluding hydrogens is 452 g/mol. The maximum atomic E-state index is 12.5. The minimum atomic E-state index is -0.507. The molecule has 0 atom stereocenters. The van der Waals surface area contributed by atoms with Gasteiger partial charge in [-0.25, -0.2) is 5.43 Å². The maximum absolute atomic E-state index is 12.5. The van der Waals surface area contributed by atoms with E-state index >= 15 is 0 Å². The van der Waals surface area contributed by atoms with Crippen molar-refractivity contribution in [1.29, 1.82) is 0 Å². The van der Waals surface area contributed by atoms with Crippen LogP contribution in [0.2, 0.25) is 5.02 Å². The van der Waals surface area contributed by atoms with Gasteiger partial charge in [0.25, 0.3) is 5.91 Å². The largest absolute Gasteiger partial charge is 0.507 e. The fourth-order valence-electron chi connectivity index (χ4n) is 3.37. The Kier molecular flexibility index (Phi) is 7.30. The van der Waals surface area contributed by atoms with Crippen molar-refractivity contribution in [1.82, 2.24) is 5.43 Å². The number of hydrogen-bond donors (Lipinski definition) is 2. The normalized spacial score (nSPS) is 11.0. The van der Waals surface area contributed by atoms with Crippen molar-refractivity contribution >= 4 is 34.5 Å². The van der Waals surface area contributed by atoms with E-state index in [0.717, 1.165) is 16.3 Å². The van der Waals surface area contributed by atoms with E-state index in [-0.39, 0.29) is 11.3 Å². The molecule has 0 aliphatic carbocycles. The number of hydrazone groups is 1. The number of carbonyl (C=O) groups excluding carboxylic acids is 1. The molecule has 1 amide bonds. The first-order valence-electron chi connectivity index (χ1n) is 10.7. The first-order valence-corrected chi connectivity index (χ1v) is 11.1. The Labute approximate surface area is 202 Å². The van der Waals surface area contributed by atoms with Crippen LogP contribution in [-0.4, -0.2) is 23.8 Å². The summed E-state index contributed by atoms with van der Waals surface area (Å²) in [4.78, 5) is 12.5. The molecule has 0 radical (unpaired) electrons. The summed E-state index contributed by atoms with van der Waals surface area (Å²) in [5.74, 6) is 0.553. The van der Waals surface area contributed by atoms with E-state index in [1.165, 1.54) is 6.21 Å². The standard InChI is InChI=1S/C27H23ClN2O4/c1-2-33-26-13-19(9-12-25(26)34-17-18-7-10-22(28)11-8-18)16-29-30-27(32)23-14-20-5-3-4-6-21(20)15-24(23)31/h3-16,31H,2,17H2,1H3,(H,30,32)/b29-16+. The third-order valence-electron chi connectivity index (χ3n) is 5.06. The van der Waals surface area contributed by atoms with E-state index in [0.29, 0.717) is 35.3 Å². The molecule has 2 N–H and O–H groups in total. The highest BCUT2D eigenvalue weighted by Crippen LogP contribution is 2.29. The van der Waals surface area contributed by atoms with Crippen LogP contribution in [0.15, 0.2) is 84.0 Å². The second-order valence-electron chi connectivity index (χ2n) is 7.47. The average Bonchev–Trinajstić information content (AvgIpc) is 2.84. The van der Waals surface area contributed by atoms with Crippen LogP contribution in [0.1, 0.15) is 28.4 Å². The fraction of sp³-hybridized carbons (Fsp3) is 0.111. The van der Waals surface area contributed by atoms with Gasteiger partial charge in [-0.3, -0.25) is 4.79 Å². The molecule has 0 aromatic heterocycles. The van der Waals surface area contributed by atoms with Crippen molar-refractivity contribution in [3.63, 3.8) is 0 Å². The average molecular weight is 475 g/mol. The van der Waals surface area contributed by atoms with Crippen molar-refractivity contribution < 1.29 is 19.4 Å². The highest BCUT2D eigenvalue weighted by Gasteiger charge is 2.12. The molecule has 4 rings (SSSR count). The lowest BCUT2D eigenvalue weighted by molar-refractivity contribution is 0.0952. The number of aromatic hydroxyl groups is 1. The minimum absolute atomic E-state index is 0.104. The topological polar surface area (TPSA) is 80.2 Å². The number of carbonyl (C=O) groups is 1. The van der Waals surface area contributed by atoms with Gasteiger partial charge in [0.1, 0.15) is 12.4 Å². The Bertz CT molecular complexity index is 1340. The molecule has 0 fully saturated rings. The number of benzene rings is 4. The van der Waals surface area contributed by atoms with E-state index < -0.39 is 5.91 Å². The second-order valence-corrected chi connectivity index (χ2v) is 7.91. The molecule has 34 heavy (non-hydrogen) atoms. The third-order valence-corrected chi connectivity index (χ3v) is 5.32. The van der Waals surface area contributed by atoms with E-state index in [4.69, 9.17) is 21.1 Å². The summed E-state index contributed by atoms with van der Waals surface area (Å²) < 4.78 is 11.6. The number of phenols is 1. The molecule has 0 unspecified atom stereocenters. The van der Waals surface area contributed by atoms with Crippen molar-refractivity contribution in [2.45, 2.75) is 13.5 Å². The number of halogens is 1. The zero-order valence-corrected chi connectivity index (χ0v) is 19.3. The molecular formula is C27H23ClN2O4. The van der Waals surface area contributed by atoms with Crippen LogP contribution >= 0.6 is 11.6 Å². The summed E-state index contributed by atoms with van der Waals surface area (Å²) in [6, 6.07) is 23.5. The molecule has 6 nitrogen and oxygen atoms in total. The van der Waals surface area contributed by atoms with Crippen LogP contribution in [0, 0.1) is 0 Å². The van der Waals surface area contributed by atoms with Gasteiger partial charge in [0, 0.05) is 5.02 Å². The summed E-state index contributed by atoms with van der Waals surface area (Å²) in [7, 11) is 0. The number of phenolic OH excluding ortho intramolecular Hbond substituents is 1. The van der Waals surface area contributed by atoms with Gasteiger partial charge in [-0.1, -0.05) is 48.0 Å². The predicted octanol–water partition coefficient (Wildman–Crippen LogP) is 5.94. The van der Waals surface area contributed by atoms with Gasteiger partial charge in [-0.05, 0) is 71.3 Å². The zero-order chi connectivity index (χ0) is 23.9. The van der Waals surface area contributed by atoms with Gasteiger partial charge in [-0.2, -0.15) is 5.10 Å². The highest BCUT2D eigenvalue weighted by molar-refractivity contribution is 6.30. The number of nitrogens with one attached hydrogen (secondary N) is 1. The monoisotopic (exact) mass is 474 g/mol. The van der Waals surface area contributed by atoms with Crippen LogP contribution in [0.3, 0.4) is 0 Å². The summed E-state index contributed by atoms with van der Waals surface area (Å²) in [5.41, 5.74) is 4.30. The zero-order valence-electron chi connectivity index (χ0n) is 18.5. The molecule has 7 heteroatoms. The van der Waals surface area contributed by atoms with Crippen LogP contribution in [0.5, 0.6) is 17.2 Å². The van der Waals surface area contributed by atoms with Gasteiger partial charge in [0.15, 0.2) is 11.5 Å². The van der Waals surface area contributed by atoms with Crippen molar-refractivity contribution in [2.24, 2.45) is 5.10 Å². The van der Waals surface area contributed by atoms with Crippen molar-refractivity contribution in [2.75, 3.05) is 6.61 Å². The first kappa shape index (κ1) is 23.1. The van der Waals surface area contributed by atoms with E-state index in [9.17, 15) is 9.90 Å². The minimum Gasteiger partial charge on any atom is -0.507 e. The van der Waals surface area contributed by atoms with Crippen molar-refractivity contribution in [3.05, 3.63) is 101 Å². The van der Waals surface area contributed by atoms with Gasteiger partial charge in [-0.15, -0.1) is 0 Å². The molecule has 0 bridgehead atoms. The quantitative estimate of drug-likeness (QED) is 0.244. The van der Waals surface area contributed by atoms with E-state index in [2.05, 4.69) is 10.5 Å². The smallest absolute Gasteiger partial charge is 0.275 e. The summed E-state index contributed by atoms with van der Waals surface area (Å²) in [6.45, 7) is 2.73. The van der Waals surface area contributed by atoms with E-state index in [1.54, 1.807) is 24.3 Å². The fourth-order valence-corrected chi connectivity index (χ4v) is 3.50. The van der Waals surface area contributed by atoms with Crippen LogP contribution in [-0.2, 0) is 6.61 Å². The Morgan fingerprint density at radius 3 is 2.44 bits per heavy atom. The number of ether oxygens (including phenoxy) is 2. The van der Waals surface area contributed by atoms with Crippen LogP contribution in [0.25, 0.3) is 10.8 Å². The third kappa shape index (κ3) is 5.66. The molecule has 0 aliphatic rings. The lowest BCUT2D eigenvalue weighted by Gasteiger charge is -2.12. The number of fused-ring (bicyclic) bond motifs is 1. The SMILES string of the molecule is CCOc1cc(/C=N/NC(=O)c2cc3ccccc3cc2O)ccc1OCc1ccc(Cl)cc1. The van der Waals surface area contributed by atoms with Crippen LogP contribution < -0.4 is 14.9 Å². The maximum Gasteiger partial charge on any atom is 0.275 e. The van der Waals surface area contributed by atoms with Gasteiger partial charge in [0.2, 0.25) is 0 Å². The lowest BCUT2D eigenvalue weighted by Crippen LogP contribution is -2.17. The molecule has 0 heterocycles. The van der Waals surface area contributed by atoms with Gasteiger partial charge >= 0.3 is 0 Å². The Balaban J connectivity index is 1.44. The summed E-state index contributed by atoms with van der Waals surface area (Å²) in [5, 5.41) is 16.6. The Morgan fingerprint density at radius 2 is 1.71 bits per heavy atom. The number of amides is 1. The molecule has 172 valence electrons. The Morgan fingerprint density at radius 1 is 0.971 bits per heavy atom. The van der Waals surface area contributed by atoms with Crippen LogP contribution in [0.4, 0.5) is 0 Å². The molecule has 0 saturated carbocycles. The molecule has 4 aromatic rings. The second kappa shape index (κ2) is 10.7. The summed E-state index contributed by atoms with van der Waals surface area (Å²) >= 11 is 5.93. The highest BCUT2D eigenvalue weighted by atomic mass is 35.5. The Hall–Kier alpha value is -4.03. The lowest BCUT2D eigenvalue weighted by atomic mass is 10.1. The molecule has 0 aliphatic heterocycles. The number of nitrogens with zero attached hydrogens (tertiary/aromatic N) is 1. The number of rotatable bonds is 8. The summed E-state index contributed by atoms with van der Waals surface area (Å²) in [6.07, 6.45) is 1.50. The van der Waals surface area contributed by atoms with E-state index in [1.807, 2.05) is 61.5 Å². The molecule has 0 spiro atoms. The molecule has 4 aromatic carbocycles.